The molecule has 0 aromatic heterocycles. The van der Waals surface area contributed by atoms with Crippen molar-refractivity contribution in [1.82, 2.24) is 0 Å². The molecule has 3 N–H and O–H groups in total. The molecule has 0 aliphatic carbocycles. The molecule has 5 heteroatoms. The van der Waals surface area contributed by atoms with Crippen molar-refractivity contribution in [2.45, 2.75) is 13.5 Å². The number of carbonyl (C=O) groups excluding carboxylic acids is 1. The van der Waals surface area contributed by atoms with Crippen LogP contribution in [0.5, 0.6) is 17.2 Å². The maximum absolute atomic E-state index is 11.9. The van der Waals surface area contributed by atoms with Crippen LogP contribution in [0.1, 0.15) is 21.5 Å². The van der Waals surface area contributed by atoms with E-state index in [1.54, 1.807) is 13.0 Å². The van der Waals surface area contributed by atoms with Gasteiger partial charge >= 0.3 is 5.97 Å². The molecule has 0 amide bonds. The topological polar surface area (TPSA) is 87.0 Å². The summed E-state index contributed by atoms with van der Waals surface area (Å²) >= 11 is 0. The van der Waals surface area contributed by atoms with Crippen LogP contribution < -0.4 is 0 Å². The van der Waals surface area contributed by atoms with Crippen LogP contribution in [0.2, 0.25) is 0 Å². The molecule has 104 valence electrons. The van der Waals surface area contributed by atoms with Crippen LogP contribution in [0.25, 0.3) is 0 Å². The Balaban J connectivity index is 2.10. The number of phenolic OH excluding ortho intramolecular Hbond substituents is 3. The van der Waals surface area contributed by atoms with E-state index in [4.69, 9.17) is 9.84 Å². The lowest BCUT2D eigenvalue weighted by molar-refractivity contribution is 0.0467. The van der Waals surface area contributed by atoms with E-state index >= 15 is 0 Å². The summed E-state index contributed by atoms with van der Waals surface area (Å²) in [5.74, 6) is -1.07. The molecule has 0 saturated carbocycles. The van der Waals surface area contributed by atoms with E-state index in [2.05, 4.69) is 0 Å². The quantitative estimate of drug-likeness (QED) is 0.748. The van der Waals surface area contributed by atoms with Crippen LogP contribution in [0, 0.1) is 6.92 Å². The molecule has 2 aromatic carbocycles. The number of rotatable bonds is 3. The molecule has 2 rings (SSSR count). The summed E-state index contributed by atoms with van der Waals surface area (Å²) in [6.07, 6.45) is 0. The molecule has 2 aromatic rings. The van der Waals surface area contributed by atoms with E-state index in [-0.39, 0.29) is 29.4 Å². The Morgan fingerprint density at radius 3 is 2.50 bits per heavy atom. The third-order valence-corrected chi connectivity index (χ3v) is 2.80. The molecule has 0 unspecified atom stereocenters. The molecule has 0 bridgehead atoms. The number of aromatic hydroxyl groups is 3. The summed E-state index contributed by atoms with van der Waals surface area (Å²) in [6, 6.07) is 8.62. The predicted molar refractivity (Wildman–Crippen MR) is 71.7 cm³/mol. The van der Waals surface area contributed by atoms with Crippen molar-refractivity contribution in [2.24, 2.45) is 0 Å². The first-order valence-corrected chi connectivity index (χ1v) is 5.95. The first kappa shape index (κ1) is 13.7. The van der Waals surface area contributed by atoms with Gasteiger partial charge in [-0.1, -0.05) is 11.6 Å². The van der Waals surface area contributed by atoms with Crippen molar-refractivity contribution in [3.63, 3.8) is 0 Å². The van der Waals surface area contributed by atoms with Crippen LogP contribution in [-0.2, 0) is 11.3 Å². The normalized spacial score (nSPS) is 10.2. The van der Waals surface area contributed by atoms with E-state index in [9.17, 15) is 15.0 Å². The highest BCUT2D eigenvalue weighted by Crippen LogP contribution is 2.24. The fourth-order valence-corrected chi connectivity index (χ4v) is 1.71. The molecule has 0 atom stereocenters. The Hall–Kier alpha value is -2.69. The smallest absolute Gasteiger partial charge is 0.342 e. The van der Waals surface area contributed by atoms with E-state index in [0.29, 0.717) is 5.56 Å². The predicted octanol–water partition coefficient (Wildman–Crippen LogP) is 2.47. The third kappa shape index (κ3) is 3.00. The number of phenols is 3. The van der Waals surface area contributed by atoms with E-state index < -0.39 is 5.97 Å². The molecule has 0 spiro atoms. The molecular weight excluding hydrogens is 260 g/mol. The monoisotopic (exact) mass is 274 g/mol. The number of aryl methyl sites for hydroxylation is 1. The minimum atomic E-state index is -0.682. The van der Waals surface area contributed by atoms with Crippen molar-refractivity contribution in [3.8, 4) is 17.2 Å². The molecule has 0 aliphatic rings. The van der Waals surface area contributed by atoms with Gasteiger partial charge in [-0.25, -0.2) is 4.79 Å². The summed E-state index contributed by atoms with van der Waals surface area (Å²) in [6.45, 7) is 1.64. The second-order valence-electron chi connectivity index (χ2n) is 4.41. The van der Waals surface area contributed by atoms with Crippen LogP contribution in [-0.4, -0.2) is 21.3 Å². The number of benzene rings is 2. The number of ether oxygens (including phenoxy) is 1. The van der Waals surface area contributed by atoms with Crippen molar-refractivity contribution >= 4 is 5.97 Å². The van der Waals surface area contributed by atoms with Crippen molar-refractivity contribution < 1.29 is 24.9 Å². The summed E-state index contributed by atoms with van der Waals surface area (Å²) < 4.78 is 5.03. The number of hydrogen-bond donors (Lipinski definition) is 3. The van der Waals surface area contributed by atoms with Crippen molar-refractivity contribution in [3.05, 3.63) is 53.1 Å². The summed E-state index contributed by atoms with van der Waals surface area (Å²) in [5, 5.41) is 28.3. The largest absolute Gasteiger partial charge is 0.508 e. The highest BCUT2D eigenvalue weighted by Gasteiger charge is 2.14. The maximum atomic E-state index is 11.9. The van der Waals surface area contributed by atoms with E-state index in [1.807, 2.05) is 0 Å². The van der Waals surface area contributed by atoms with Crippen LogP contribution >= 0.6 is 0 Å². The SMILES string of the molecule is Cc1ccc(O)c(C(=O)OCc2ccc(O)cc2O)c1. The molecule has 0 fully saturated rings. The first-order chi connectivity index (χ1) is 9.47. The van der Waals surface area contributed by atoms with Crippen LogP contribution in [0.4, 0.5) is 0 Å². The molecular formula is C15H14O5. The van der Waals surface area contributed by atoms with Gasteiger partial charge in [0.05, 0.1) is 0 Å². The van der Waals surface area contributed by atoms with Gasteiger partial charge in [0.2, 0.25) is 0 Å². The molecule has 0 saturated heterocycles. The lowest BCUT2D eigenvalue weighted by Crippen LogP contribution is -2.06. The Morgan fingerprint density at radius 1 is 1.05 bits per heavy atom. The lowest BCUT2D eigenvalue weighted by atomic mass is 10.1. The van der Waals surface area contributed by atoms with Gasteiger partial charge in [0.1, 0.15) is 29.4 Å². The summed E-state index contributed by atoms with van der Waals surface area (Å²) in [7, 11) is 0. The average molecular weight is 274 g/mol. The van der Waals surface area contributed by atoms with Gasteiger partial charge in [-0.2, -0.15) is 0 Å². The van der Waals surface area contributed by atoms with Gasteiger partial charge in [0, 0.05) is 11.6 Å². The van der Waals surface area contributed by atoms with E-state index in [0.717, 1.165) is 11.6 Å². The van der Waals surface area contributed by atoms with Gasteiger partial charge in [0.15, 0.2) is 0 Å². The second kappa shape index (κ2) is 5.52. The summed E-state index contributed by atoms with van der Waals surface area (Å²) in [5.41, 5.74) is 1.26. The molecule has 5 nitrogen and oxygen atoms in total. The molecule has 0 aliphatic heterocycles. The molecule has 0 radical (unpaired) electrons. The van der Waals surface area contributed by atoms with Gasteiger partial charge < -0.3 is 20.1 Å². The minimum absolute atomic E-state index is 0.0725. The second-order valence-corrected chi connectivity index (χ2v) is 4.41. The molecule has 20 heavy (non-hydrogen) atoms. The Bertz CT molecular complexity index is 649. The zero-order chi connectivity index (χ0) is 14.7. The zero-order valence-electron chi connectivity index (χ0n) is 10.8. The number of hydrogen-bond acceptors (Lipinski definition) is 5. The van der Waals surface area contributed by atoms with Crippen molar-refractivity contribution in [1.29, 1.82) is 0 Å². The number of carbonyl (C=O) groups is 1. The zero-order valence-corrected chi connectivity index (χ0v) is 10.8. The Labute approximate surface area is 115 Å². The highest BCUT2D eigenvalue weighted by atomic mass is 16.5. The highest BCUT2D eigenvalue weighted by molar-refractivity contribution is 5.92. The van der Waals surface area contributed by atoms with E-state index in [1.165, 1.54) is 24.3 Å². The van der Waals surface area contributed by atoms with Gasteiger partial charge in [-0.05, 0) is 31.2 Å². The number of esters is 1. The minimum Gasteiger partial charge on any atom is -0.508 e. The lowest BCUT2D eigenvalue weighted by Gasteiger charge is -2.08. The van der Waals surface area contributed by atoms with Gasteiger partial charge in [-0.3, -0.25) is 0 Å². The maximum Gasteiger partial charge on any atom is 0.342 e. The van der Waals surface area contributed by atoms with Crippen LogP contribution in [0.3, 0.4) is 0 Å². The fraction of sp³-hybridized carbons (Fsp3) is 0.133. The van der Waals surface area contributed by atoms with Gasteiger partial charge in [-0.15, -0.1) is 0 Å². The Morgan fingerprint density at radius 2 is 1.80 bits per heavy atom. The third-order valence-electron chi connectivity index (χ3n) is 2.80. The van der Waals surface area contributed by atoms with Gasteiger partial charge in [0.25, 0.3) is 0 Å². The molecule has 0 heterocycles. The fourth-order valence-electron chi connectivity index (χ4n) is 1.71. The Kier molecular flexibility index (Phi) is 3.79. The standard InChI is InChI=1S/C15H14O5/c1-9-2-5-13(17)12(6-9)15(19)20-8-10-3-4-11(16)7-14(10)18/h2-7,16-18H,8H2,1H3. The average Bonchev–Trinajstić information content (AvgIpc) is 2.40. The van der Waals surface area contributed by atoms with Crippen LogP contribution in [0.15, 0.2) is 36.4 Å². The first-order valence-electron chi connectivity index (χ1n) is 5.95. The van der Waals surface area contributed by atoms with Crippen molar-refractivity contribution in [2.75, 3.05) is 0 Å². The summed E-state index contributed by atoms with van der Waals surface area (Å²) in [4.78, 5) is 11.9.